The van der Waals surface area contributed by atoms with Gasteiger partial charge < -0.3 is 20.3 Å². The maximum atomic E-state index is 12.5. The fraction of sp³-hybridized carbons (Fsp3) is 0.910. The molecule has 0 rings (SSSR count). The second-order valence-electron chi connectivity index (χ2n) is 22.8. The largest absolute Gasteiger partial charge is 0.466 e. The summed E-state index contributed by atoms with van der Waals surface area (Å²) >= 11 is 0. The Balaban J connectivity index is 3.34. The lowest BCUT2D eigenvalue weighted by molar-refractivity contribution is -0.143. The summed E-state index contributed by atoms with van der Waals surface area (Å²) in [5.74, 6) is -0.0265. The lowest BCUT2D eigenvalue weighted by Crippen LogP contribution is -2.45. The van der Waals surface area contributed by atoms with Gasteiger partial charge in [-0.2, -0.15) is 0 Å². The average molecular weight is 1030 g/mol. The topological polar surface area (TPSA) is 95.9 Å². The molecule has 0 aliphatic carbocycles. The van der Waals surface area contributed by atoms with Gasteiger partial charge in [-0.3, -0.25) is 9.59 Å². The highest BCUT2D eigenvalue weighted by atomic mass is 16.5. The fourth-order valence-electron chi connectivity index (χ4n) is 10.4. The number of rotatable bonds is 62. The molecule has 2 atom stereocenters. The maximum Gasteiger partial charge on any atom is 0.305 e. The van der Waals surface area contributed by atoms with Gasteiger partial charge in [0, 0.05) is 12.8 Å². The molecule has 1 amide bonds. The number of esters is 1. The first-order valence-corrected chi connectivity index (χ1v) is 33.1. The van der Waals surface area contributed by atoms with Crippen LogP contribution in [0.4, 0.5) is 0 Å². The van der Waals surface area contributed by atoms with E-state index in [4.69, 9.17) is 4.74 Å². The highest BCUT2D eigenvalue weighted by molar-refractivity contribution is 5.76. The SMILES string of the molecule is CCCCCC/C=C\C/C=C\CCCCCCCC(=O)OCCCCCCCCCCCCCCCCCCCCCCCCCCCCC(=O)NC(CO)C(O)CCCCCCCCCCCCCCCC. The average Bonchev–Trinajstić information content (AvgIpc) is 3.39. The third-order valence-electron chi connectivity index (χ3n) is 15.5. The number of allylic oxidation sites excluding steroid dienone is 4. The minimum Gasteiger partial charge on any atom is -0.466 e. The molecule has 73 heavy (non-hydrogen) atoms. The van der Waals surface area contributed by atoms with Gasteiger partial charge in [0.2, 0.25) is 5.91 Å². The van der Waals surface area contributed by atoms with Crippen molar-refractivity contribution in [1.29, 1.82) is 0 Å². The number of carbonyl (C=O) groups excluding carboxylic acids is 2. The molecule has 6 heteroatoms. The zero-order valence-electron chi connectivity index (χ0n) is 49.4. The summed E-state index contributed by atoms with van der Waals surface area (Å²) in [7, 11) is 0. The van der Waals surface area contributed by atoms with E-state index in [0.717, 1.165) is 51.4 Å². The number of ether oxygens (including phenoxy) is 1. The van der Waals surface area contributed by atoms with Gasteiger partial charge in [-0.15, -0.1) is 0 Å². The summed E-state index contributed by atoms with van der Waals surface area (Å²) in [5, 5.41) is 23.3. The summed E-state index contributed by atoms with van der Waals surface area (Å²) in [6.45, 7) is 4.95. The maximum absolute atomic E-state index is 12.5. The zero-order chi connectivity index (χ0) is 52.9. The molecule has 6 nitrogen and oxygen atoms in total. The third-order valence-corrected chi connectivity index (χ3v) is 15.5. The van der Waals surface area contributed by atoms with Crippen LogP contribution in [0.15, 0.2) is 24.3 Å². The Morgan fingerprint density at radius 3 is 1.05 bits per heavy atom. The first-order chi connectivity index (χ1) is 36.0. The van der Waals surface area contributed by atoms with E-state index in [1.807, 2.05) is 0 Å². The molecule has 0 spiro atoms. The molecule has 0 saturated heterocycles. The monoisotopic (exact) mass is 1030 g/mol. The van der Waals surface area contributed by atoms with Crippen LogP contribution in [0.1, 0.15) is 367 Å². The minimum absolute atomic E-state index is 0.00429. The predicted molar refractivity (Wildman–Crippen MR) is 320 cm³/mol. The van der Waals surface area contributed by atoms with Crippen LogP contribution >= 0.6 is 0 Å². The van der Waals surface area contributed by atoms with E-state index >= 15 is 0 Å². The second kappa shape index (κ2) is 62.9. The van der Waals surface area contributed by atoms with Crippen molar-refractivity contribution < 1.29 is 24.5 Å². The van der Waals surface area contributed by atoms with Gasteiger partial charge in [-0.25, -0.2) is 0 Å². The first kappa shape index (κ1) is 71.3. The van der Waals surface area contributed by atoms with Crippen molar-refractivity contribution in [3.8, 4) is 0 Å². The van der Waals surface area contributed by atoms with Gasteiger partial charge in [0.25, 0.3) is 0 Å². The van der Waals surface area contributed by atoms with Crippen LogP contribution in [0.5, 0.6) is 0 Å². The molecule has 0 radical (unpaired) electrons. The number of aliphatic hydroxyl groups excluding tert-OH is 2. The number of hydrogen-bond acceptors (Lipinski definition) is 5. The highest BCUT2D eigenvalue weighted by Crippen LogP contribution is 2.18. The Kier molecular flexibility index (Phi) is 61.4. The number of hydrogen-bond donors (Lipinski definition) is 3. The highest BCUT2D eigenvalue weighted by Gasteiger charge is 2.20. The normalized spacial score (nSPS) is 12.7. The lowest BCUT2D eigenvalue weighted by Gasteiger charge is -2.22. The van der Waals surface area contributed by atoms with Crippen LogP contribution < -0.4 is 5.32 Å². The van der Waals surface area contributed by atoms with Crippen molar-refractivity contribution in [2.24, 2.45) is 0 Å². The van der Waals surface area contributed by atoms with Crippen molar-refractivity contribution in [2.45, 2.75) is 379 Å². The van der Waals surface area contributed by atoms with E-state index in [9.17, 15) is 19.8 Å². The molecule has 0 aliphatic heterocycles. The van der Waals surface area contributed by atoms with Gasteiger partial charge >= 0.3 is 5.97 Å². The van der Waals surface area contributed by atoms with Gasteiger partial charge in [0.1, 0.15) is 0 Å². The Morgan fingerprint density at radius 2 is 0.685 bits per heavy atom. The molecule has 0 aromatic carbocycles. The molecular weight excluding hydrogens is 899 g/mol. The molecular formula is C67H129NO5. The van der Waals surface area contributed by atoms with Gasteiger partial charge in [-0.05, 0) is 57.8 Å². The molecule has 0 bridgehead atoms. The first-order valence-electron chi connectivity index (χ1n) is 33.1. The van der Waals surface area contributed by atoms with E-state index in [1.54, 1.807) is 0 Å². The lowest BCUT2D eigenvalue weighted by atomic mass is 10.0. The van der Waals surface area contributed by atoms with Crippen molar-refractivity contribution in [3.63, 3.8) is 0 Å². The fourth-order valence-corrected chi connectivity index (χ4v) is 10.4. The van der Waals surface area contributed by atoms with Gasteiger partial charge in [0.05, 0.1) is 25.4 Å². The molecule has 0 fully saturated rings. The molecule has 0 aromatic rings. The summed E-state index contributed by atoms with van der Waals surface area (Å²) in [6, 6.07) is -0.539. The molecule has 0 aliphatic rings. The Labute approximate surface area is 456 Å². The minimum atomic E-state index is -0.662. The summed E-state index contributed by atoms with van der Waals surface area (Å²) < 4.78 is 5.49. The number of unbranched alkanes of at least 4 members (excludes halogenated alkanes) is 47. The molecule has 0 saturated carbocycles. The van der Waals surface area contributed by atoms with Crippen LogP contribution in [0.2, 0.25) is 0 Å². The number of nitrogens with one attached hydrogen (secondary N) is 1. The van der Waals surface area contributed by atoms with Gasteiger partial charge in [-0.1, -0.05) is 321 Å². The number of amides is 1. The van der Waals surface area contributed by atoms with Crippen LogP contribution in [0.3, 0.4) is 0 Å². The van der Waals surface area contributed by atoms with E-state index < -0.39 is 12.1 Å². The molecule has 0 aromatic heterocycles. The Hall–Kier alpha value is -1.66. The van der Waals surface area contributed by atoms with Crippen molar-refractivity contribution in [3.05, 3.63) is 24.3 Å². The van der Waals surface area contributed by atoms with E-state index in [2.05, 4.69) is 43.5 Å². The molecule has 0 heterocycles. The van der Waals surface area contributed by atoms with E-state index in [1.165, 1.54) is 283 Å². The Bertz CT molecular complexity index is 1140. The zero-order valence-corrected chi connectivity index (χ0v) is 49.4. The molecule has 2 unspecified atom stereocenters. The second-order valence-corrected chi connectivity index (χ2v) is 22.8. The smallest absolute Gasteiger partial charge is 0.305 e. The summed E-state index contributed by atoms with van der Waals surface area (Å²) in [5.41, 5.74) is 0. The van der Waals surface area contributed by atoms with Crippen LogP contribution in [0.25, 0.3) is 0 Å². The van der Waals surface area contributed by atoms with Crippen molar-refractivity contribution >= 4 is 11.9 Å². The van der Waals surface area contributed by atoms with Crippen LogP contribution in [-0.4, -0.2) is 47.4 Å². The van der Waals surface area contributed by atoms with Gasteiger partial charge in [0.15, 0.2) is 0 Å². The standard InChI is InChI=1S/C67H129NO5/c1-3-5-7-9-11-13-15-17-19-33-37-41-45-49-53-57-61-67(72)73-62-58-54-50-46-42-38-34-31-29-27-25-23-21-20-22-24-26-28-30-32-36-40-44-48-52-56-60-66(71)68-64(63-69)65(70)59-55-51-47-43-39-35-18-16-14-12-10-8-6-4-2/h13,15,19,33,64-65,69-70H,3-12,14,16-18,20-32,34-63H2,1-2H3,(H,68,71)/b15-13-,33-19-. The van der Waals surface area contributed by atoms with E-state index in [0.29, 0.717) is 25.9 Å². The molecule has 3 N–H and O–H groups in total. The van der Waals surface area contributed by atoms with Crippen molar-refractivity contribution in [1.82, 2.24) is 5.32 Å². The van der Waals surface area contributed by atoms with Crippen LogP contribution in [0, 0.1) is 0 Å². The predicted octanol–water partition coefficient (Wildman–Crippen LogP) is 21.0. The number of aliphatic hydroxyl groups is 2. The Morgan fingerprint density at radius 1 is 0.384 bits per heavy atom. The molecule has 432 valence electrons. The summed E-state index contributed by atoms with van der Waals surface area (Å²) in [4.78, 5) is 24.6. The summed E-state index contributed by atoms with van der Waals surface area (Å²) in [6.07, 6.45) is 77.8. The third kappa shape index (κ3) is 59.4. The van der Waals surface area contributed by atoms with Crippen molar-refractivity contribution in [2.75, 3.05) is 13.2 Å². The number of carbonyl (C=O) groups is 2. The van der Waals surface area contributed by atoms with Crippen LogP contribution in [-0.2, 0) is 14.3 Å². The van der Waals surface area contributed by atoms with E-state index in [-0.39, 0.29) is 18.5 Å². The quantitative estimate of drug-likeness (QED) is 0.0320.